The first-order chi connectivity index (χ1) is 13.0. The van der Waals surface area contributed by atoms with Gasteiger partial charge in [0.15, 0.2) is 6.61 Å². The minimum absolute atomic E-state index is 0.00474. The van der Waals surface area contributed by atoms with Crippen LogP contribution in [0.1, 0.15) is 23.2 Å². The summed E-state index contributed by atoms with van der Waals surface area (Å²) >= 11 is 0. The maximum absolute atomic E-state index is 12.6. The summed E-state index contributed by atoms with van der Waals surface area (Å²) in [6.07, 6.45) is 3.75. The van der Waals surface area contributed by atoms with Crippen molar-refractivity contribution in [1.82, 2.24) is 9.88 Å². The first kappa shape index (κ1) is 18.7. The van der Waals surface area contributed by atoms with E-state index >= 15 is 0 Å². The van der Waals surface area contributed by atoms with Gasteiger partial charge >= 0.3 is 0 Å². The van der Waals surface area contributed by atoms with E-state index in [4.69, 9.17) is 4.74 Å². The Hall–Kier alpha value is -3.09. The summed E-state index contributed by atoms with van der Waals surface area (Å²) in [5, 5.41) is 2.86. The normalized spacial score (nSPS) is 13.3. The van der Waals surface area contributed by atoms with Gasteiger partial charge in [0.05, 0.1) is 5.56 Å². The number of carbonyl (C=O) groups is 2. The Morgan fingerprint density at radius 2 is 1.96 bits per heavy atom. The van der Waals surface area contributed by atoms with Crippen LogP contribution in [0.15, 0.2) is 42.6 Å². The van der Waals surface area contributed by atoms with Crippen LogP contribution in [-0.4, -0.2) is 55.5 Å². The van der Waals surface area contributed by atoms with Gasteiger partial charge in [-0.05, 0) is 37.1 Å². The van der Waals surface area contributed by atoms with Crippen LogP contribution in [0.4, 0.5) is 11.5 Å². The van der Waals surface area contributed by atoms with E-state index in [2.05, 4.69) is 10.3 Å². The molecule has 0 atom stereocenters. The fraction of sp³-hybridized carbons (Fsp3) is 0.350. The van der Waals surface area contributed by atoms with Crippen LogP contribution in [-0.2, 0) is 4.79 Å². The number of nitrogens with zero attached hydrogens (tertiary/aromatic N) is 3. The van der Waals surface area contributed by atoms with Gasteiger partial charge in [-0.2, -0.15) is 0 Å². The van der Waals surface area contributed by atoms with Crippen LogP contribution in [0.3, 0.4) is 0 Å². The van der Waals surface area contributed by atoms with Crippen LogP contribution >= 0.6 is 0 Å². The Balaban J connectivity index is 1.63. The number of likely N-dealkylation sites (tertiary alicyclic amines) is 1. The molecule has 1 N–H and O–H groups in total. The summed E-state index contributed by atoms with van der Waals surface area (Å²) in [5.74, 6) is 0.878. The Labute approximate surface area is 158 Å². The van der Waals surface area contributed by atoms with Gasteiger partial charge in [-0.25, -0.2) is 4.98 Å². The molecule has 0 saturated carbocycles. The number of carbonyl (C=O) groups excluding carboxylic acids is 2. The Morgan fingerprint density at radius 3 is 2.70 bits per heavy atom. The van der Waals surface area contributed by atoms with Crippen molar-refractivity contribution in [1.29, 1.82) is 0 Å². The van der Waals surface area contributed by atoms with Gasteiger partial charge in [-0.1, -0.05) is 6.07 Å². The monoisotopic (exact) mass is 368 g/mol. The second-order valence-electron chi connectivity index (χ2n) is 6.63. The van der Waals surface area contributed by atoms with Crippen molar-refractivity contribution in [2.24, 2.45) is 0 Å². The van der Waals surface area contributed by atoms with Crippen LogP contribution in [0.5, 0.6) is 5.75 Å². The lowest BCUT2D eigenvalue weighted by atomic mass is 10.2. The zero-order chi connectivity index (χ0) is 19.2. The Bertz CT molecular complexity index is 816. The third kappa shape index (κ3) is 4.75. The SMILES string of the molecule is CN(C)c1ncccc1C(=O)Nc1cccc(OCC(=O)N2CCCC2)c1. The molecule has 1 aromatic heterocycles. The first-order valence-corrected chi connectivity index (χ1v) is 8.99. The molecule has 2 aromatic rings. The van der Waals surface area contributed by atoms with E-state index < -0.39 is 0 Å². The number of aromatic nitrogens is 1. The van der Waals surface area contributed by atoms with Gasteiger partial charge in [0.2, 0.25) is 0 Å². The summed E-state index contributed by atoms with van der Waals surface area (Å²) in [5.41, 5.74) is 1.08. The van der Waals surface area contributed by atoms with Crippen molar-refractivity contribution in [3.63, 3.8) is 0 Å². The van der Waals surface area contributed by atoms with Crippen molar-refractivity contribution >= 4 is 23.3 Å². The summed E-state index contributed by atoms with van der Waals surface area (Å²) in [7, 11) is 3.68. The molecule has 0 aliphatic carbocycles. The van der Waals surface area contributed by atoms with Gasteiger partial charge in [-0.15, -0.1) is 0 Å². The molecule has 1 fully saturated rings. The van der Waals surface area contributed by atoms with Crippen molar-refractivity contribution in [3.8, 4) is 5.75 Å². The van der Waals surface area contributed by atoms with E-state index in [9.17, 15) is 9.59 Å². The molecule has 0 radical (unpaired) electrons. The maximum Gasteiger partial charge on any atom is 0.260 e. The van der Waals surface area contributed by atoms with Crippen LogP contribution in [0.2, 0.25) is 0 Å². The molecule has 2 heterocycles. The molecule has 27 heavy (non-hydrogen) atoms. The highest BCUT2D eigenvalue weighted by molar-refractivity contribution is 6.07. The highest BCUT2D eigenvalue weighted by Gasteiger charge is 2.18. The zero-order valence-electron chi connectivity index (χ0n) is 15.6. The molecule has 1 aliphatic rings. The number of pyridine rings is 1. The minimum Gasteiger partial charge on any atom is -0.484 e. The molecule has 1 aromatic carbocycles. The van der Waals surface area contributed by atoms with Crippen molar-refractivity contribution in [2.45, 2.75) is 12.8 Å². The van der Waals surface area contributed by atoms with Gasteiger partial charge < -0.3 is 19.9 Å². The lowest BCUT2D eigenvalue weighted by Gasteiger charge is -2.16. The van der Waals surface area contributed by atoms with Crippen LogP contribution < -0.4 is 15.0 Å². The number of ether oxygens (including phenoxy) is 1. The standard InChI is InChI=1S/C20H24N4O3/c1-23(2)19-17(9-6-10-21-19)20(26)22-15-7-5-8-16(13-15)27-14-18(25)24-11-3-4-12-24/h5-10,13H,3-4,11-12,14H2,1-2H3,(H,22,26). The summed E-state index contributed by atoms with van der Waals surface area (Å²) in [4.78, 5) is 32.5. The van der Waals surface area contributed by atoms with Crippen LogP contribution in [0, 0.1) is 0 Å². The fourth-order valence-electron chi connectivity index (χ4n) is 3.00. The van der Waals surface area contributed by atoms with E-state index in [1.807, 2.05) is 19.0 Å². The van der Waals surface area contributed by atoms with Crippen molar-refractivity contribution in [3.05, 3.63) is 48.2 Å². The van der Waals surface area contributed by atoms with Gasteiger partial charge in [0, 0.05) is 45.1 Å². The molecule has 142 valence electrons. The van der Waals surface area contributed by atoms with E-state index in [-0.39, 0.29) is 18.4 Å². The van der Waals surface area contributed by atoms with E-state index in [1.54, 1.807) is 47.5 Å². The van der Waals surface area contributed by atoms with Gasteiger partial charge in [0.25, 0.3) is 11.8 Å². The predicted molar refractivity (Wildman–Crippen MR) is 104 cm³/mol. The lowest BCUT2D eigenvalue weighted by molar-refractivity contribution is -0.132. The number of hydrogen-bond donors (Lipinski definition) is 1. The summed E-state index contributed by atoms with van der Waals surface area (Å²) in [6.45, 7) is 1.61. The van der Waals surface area contributed by atoms with Crippen LogP contribution in [0.25, 0.3) is 0 Å². The van der Waals surface area contributed by atoms with Gasteiger partial charge in [0.1, 0.15) is 11.6 Å². The van der Waals surface area contributed by atoms with Crippen molar-refractivity contribution < 1.29 is 14.3 Å². The first-order valence-electron chi connectivity index (χ1n) is 8.99. The highest BCUT2D eigenvalue weighted by Crippen LogP contribution is 2.21. The number of benzene rings is 1. The fourth-order valence-corrected chi connectivity index (χ4v) is 3.00. The average molecular weight is 368 g/mol. The number of anilines is 2. The zero-order valence-corrected chi connectivity index (χ0v) is 15.6. The molecule has 1 aliphatic heterocycles. The maximum atomic E-state index is 12.6. The lowest BCUT2D eigenvalue weighted by Crippen LogP contribution is -2.32. The molecule has 2 amide bonds. The quantitative estimate of drug-likeness (QED) is 0.847. The Morgan fingerprint density at radius 1 is 1.19 bits per heavy atom. The minimum atomic E-state index is -0.253. The second-order valence-corrected chi connectivity index (χ2v) is 6.63. The highest BCUT2D eigenvalue weighted by atomic mass is 16.5. The van der Waals surface area contributed by atoms with E-state index in [1.165, 1.54) is 0 Å². The summed E-state index contributed by atoms with van der Waals surface area (Å²) in [6, 6.07) is 10.5. The molecule has 0 unspecified atom stereocenters. The molecule has 1 saturated heterocycles. The molecular weight excluding hydrogens is 344 g/mol. The second kappa shape index (κ2) is 8.53. The number of nitrogens with one attached hydrogen (secondary N) is 1. The molecule has 7 nitrogen and oxygen atoms in total. The summed E-state index contributed by atoms with van der Waals surface area (Å²) < 4.78 is 5.61. The van der Waals surface area contributed by atoms with Crippen molar-refractivity contribution in [2.75, 3.05) is 44.0 Å². The predicted octanol–water partition coefficient (Wildman–Crippen LogP) is 2.40. The molecule has 3 rings (SSSR count). The largest absolute Gasteiger partial charge is 0.484 e. The number of rotatable bonds is 6. The average Bonchev–Trinajstić information content (AvgIpc) is 3.21. The molecule has 0 bridgehead atoms. The molecule has 0 spiro atoms. The number of amides is 2. The topological polar surface area (TPSA) is 74.8 Å². The van der Waals surface area contributed by atoms with E-state index in [0.717, 1.165) is 25.9 Å². The van der Waals surface area contributed by atoms with Gasteiger partial charge in [-0.3, -0.25) is 9.59 Å². The third-order valence-electron chi connectivity index (χ3n) is 4.37. The molecule has 7 heteroatoms. The third-order valence-corrected chi connectivity index (χ3v) is 4.37. The van der Waals surface area contributed by atoms with E-state index in [0.29, 0.717) is 22.8 Å². The molecular formula is C20H24N4O3. The Kier molecular flexibility index (Phi) is 5.90. The smallest absolute Gasteiger partial charge is 0.260 e. The number of hydrogen-bond acceptors (Lipinski definition) is 5.